The van der Waals surface area contributed by atoms with Crippen LogP contribution in [0.15, 0.2) is 0 Å². The zero-order valence-electron chi connectivity index (χ0n) is 2.04. The molecule has 0 heterocycles. The van der Waals surface area contributed by atoms with E-state index >= 15 is 0 Å². The zero-order valence-corrected chi connectivity index (χ0v) is 4.59. The van der Waals surface area contributed by atoms with Gasteiger partial charge in [-0.05, 0) is 0 Å². The van der Waals surface area contributed by atoms with Crippen molar-refractivity contribution in [2.24, 2.45) is 0 Å². The molecular formula is NiO3Ti. The first-order chi connectivity index (χ1) is 1.00. The van der Waals surface area contributed by atoms with Gasteiger partial charge in [-0.15, -0.1) is 0 Å². The van der Waals surface area contributed by atoms with E-state index in [1.807, 2.05) is 0 Å². The second kappa shape index (κ2) is 88.3. The fourth-order valence-corrected chi connectivity index (χ4v) is 0. The van der Waals surface area contributed by atoms with Gasteiger partial charge >= 0.3 is 41.0 Å². The van der Waals surface area contributed by atoms with E-state index in [4.69, 9.17) is 3.90 Å². The van der Waals surface area contributed by atoms with Crippen LogP contribution in [0, 0.1) is 0 Å². The van der Waals surface area contributed by atoms with Crippen molar-refractivity contribution in [2.75, 3.05) is 0 Å². The summed E-state index contributed by atoms with van der Waals surface area (Å²) >= 11 is 2.62. The van der Waals surface area contributed by atoms with Crippen LogP contribution in [-0.4, -0.2) is 0 Å². The molecule has 0 bridgehead atoms. The average Bonchev–Trinajstić information content (AvgIpc) is 1.00. The van der Waals surface area contributed by atoms with E-state index in [0.717, 1.165) is 0 Å². The van der Waals surface area contributed by atoms with Crippen LogP contribution in [0.25, 0.3) is 0 Å². The van der Waals surface area contributed by atoms with Crippen molar-refractivity contribution in [3.05, 3.63) is 0 Å². The Labute approximate surface area is 52.2 Å². The fraction of sp³-hybridized carbons (Fsp3) is 0. The predicted octanol–water partition coefficient (Wildman–Crippen LogP) is -0.361. The molecule has 0 aliphatic carbocycles. The molecule has 0 atom stereocenters. The first kappa shape index (κ1) is 38.7. The number of rotatable bonds is 0. The van der Waals surface area contributed by atoms with Crippen LogP contribution in [0.5, 0.6) is 0 Å². The Hall–Kier alpha value is 0.928. The molecule has 0 saturated heterocycles. The maximum absolute atomic E-state index is 7.88. The van der Waals surface area contributed by atoms with Gasteiger partial charge < -0.3 is 11.0 Å². The Bertz CT molecular complexity index is 6.85. The molecule has 3 nitrogen and oxygen atoms in total. The van der Waals surface area contributed by atoms with Gasteiger partial charge in [0.1, 0.15) is 0 Å². The summed E-state index contributed by atoms with van der Waals surface area (Å²) < 4.78 is 7.88. The van der Waals surface area contributed by atoms with Crippen molar-refractivity contribution in [2.45, 2.75) is 0 Å². The Morgan fingerprint density at radius 1 is 1.00 bits per heavy atom. The van der Waals surface area contributed by atoms with E-state index in [0.29, 0.717) is 0 Å². The van der Waals surface area contributed by atoms with Crippen LogP contribution in [0.1, 0.15) is 0 Å². The minimum Gasteiger partial charge on any atom is 4.00 e. The molecule has 0 amide bonds. The largest absolute Gasteiger partial charge is 4.00 e. The van der Waals surface area contributed by atoms with Gasteiger partial charge in [0.05, 0.1) is 0 Å². The maximum atomic E-state index is 7.88. The van der Waals surface area contributed by atoms with Gasteiger partial charge in [0.15, 0.2) is 0 Å². The Balaban J connectivity index is -0.00000000167. The summed E-state index contributed by atoms with van der Waals surface area (Å²) in [5, 5.41) is 0. The van der Waals surface area contributed by atoms with Crippen LogP contribution < -0.4 is 0 Å². The monoisotopic (exact) mass is 154 g/mol. The summed E-state index contributed by atoms with van der Waals surface area (Å²) in [7, 11) is 0. The molecule has 0 spiro atoms. The fourth-order valence-electron chi connectivity index (χ4n) is 0. The molecular weight excluding hydrogens is 155 g/mol. The Morgan fingerprint density at radius 3 is 1.00 bits per heavy atom. The van der Waals surface area contributed by atoms with E-state index in [9.17, 15) is 0 Å². The van der Waals surface area contributed by atoms with E-state index in [2.05, 4.69) is 15.4 Å². The summed E-state index contributed by atoms with van der Waals surface area (Å²) in [6, 6.07) is 0. The molecule has 0 aromatic carbocycles. The van der Waals surface area contributed by atoms with Gasteiger partial charge in [0.2, 0.25) is 0 Å². The van der Waals surface area contributed by atoms with Crippen molar-refractivity contribution in [3.63, 3.8) is 0 Å². The standard InChI is InChI=1S/Ni.3O.Ti/q;;2*-2;+4. The second-order valence-corrected chi connectivity index (χ2v) is 0. The zero-order chi connectivity index (χ0) is 2.00. The number of hydrogen-bond acceptors (Lipinski definition) is 1. The molecule has 0 unspecified atom stereocenters. The molecule has 0 N–H and O–H groups in total. The molecule has 0 radical (unpaired) electrons. The van der Waals surface area contributed by atoms with Crippen molar-refractivity contribution in [1.29, 1.82) is 0 Å². The minimum absolute atomic E-state index is 0. The van der Waals surface area contributed by atoms with E-state index < -0.39 is 0 Å². The summed E-state index contributed by atoms with van der Waals surface area (Å²) in [4.78, 5) is 0. The molecule has 5 heteroatoms. The molecule has 0 aromatic rings. The second-order valence-electron chi connectivity index (χ2n) is 0. The molecule has 5 heavy (non-hydrogen) atoms. The average molecular weight is 155 g/mol. The van der Waals surface area contributed by atoms with Crippen molar-refractivity contribution < 1.29 is 52.0 Å². The van der Waals surface area contributed by atoms with Crippen LogP contribution in [-0.2, 0) is 52.0 Å². The molecule has 32 valence electrons. The van der Waals surface area contributed by atoms with Crippen molar-refractivity contribution in [1.82, 2.24) is 0 Å². The maximum Gasteiger partial charge on any atom is 4.00 e. The van der Waals surface area contributed by atoms with Crippen LogP contribution in [0.3, 0.4) is 0 Å². The molecule has 0 rings (SSSR count). The van der Waals surface area contributed by atoms with Gasteiger partial charge in [-0.25, -0.2) is 0 Å². The first-order valence-electron chi connectivity index (χ1n) is 0.129. The van der Waals surface area contributed by atoms with E-state index in [1.54, 1.807) is 0 Å². The topological polar surface area (TPSA) is 74.1 Å². The van der Waals surface area contributed by atoms with E-state index in [1.165, 1.54) is 0 Å². The molecule has 0 aliphatic rings. The van der Waals surface area contributed by atoms with Crippen LogP contribution in [0.4, 0.5) is 0 Å². The molecule has 0 saturated carbocycles. The van der Waals surface area contributed by atoms with E-state index in [-0.39, 0.29) is 32.7 Å². The number of hydrogen-bond donors (Lipinski definition) is 0. The SMILES string of the molecule is [O-2].[O-2].[O]=[Ni].[Ti+4]. The normalized spacial score (nSPS) is 1.20. The smallest absolute Gasteiger partial charge is 4.00 e. The van der Waals surface area contributed by atoms with Crippen LogP contribution >= 0.6 is 0 Å². The third-order valence-electron chi connectivity index (χ3n) is 0. The first-order valence-corrected chi connectivity index (χ1v) is 0.532. The predicted molar refractivity (Wildman–Crippen MR) is 2.06 cm³/mol. The van der Waals surface area contributed by atoms with Crippen molar-refractivity contribution in [3.8, 4) is 0 Å². The third-order valence-corrected chi connectivity index (χ3v) is 0. The van der Waals surface area contributed by atoms with Crippen LogP contribution in [0.2, 0.25) is 0 Å². The van der Waals surface area contributed by atoms with Gasteiger partial charge in [-0.1, -0.05) is 0 Å². The summed E-state index contributed by atoms with van der Waals surface area (Å²) in [6.45, 7) is 0. The molecule has 0 fully saturated rings. The molecule has 0 aromatic heterocycles. The summed E-state index contributed by atoms with van der Waals surface area (Å²) in [5.41, 5.74) is 0. The molecule has 0 aliphatic heterocycles. The van der Waals surface area contributed by atoms with Gasteiger partial charge in [0.25, 0.3) is 0 Å². The quantitative estimate of drug-likeness (QED) is 0.439. The van der Waals surface area contributed by atoms with Gasteiger partial charge in [-0.3, -0.25) is 0 Å². The summed E-state index contributed by atoms with van der Waals surface area (Å²) in [5.74, 6) is 0. The Morgan fingerprint density at radius 2 is 1.00 bits per heavy atom. The van der Waals surface area contributed by atoms with Gasteiger partial charge in [-0.2, -0.15) is 0 Å². The third kappa shape index (κ3) is 49.1. The Kier molecular flexibility index (Phi) is 684. The van der Waals surface area contributed by atoms with Crippen molar-refractivity contribution >= 4 is 0 Å². The minimum atomic E-state index is 0. The summed E-state index contributed by atoms with van der Waals surface area (Å²) in [6.07, 6.45) is 0. The van der Waals surface area contributed by atoms with Gasteiger partial charge in [0, 0.05) is 0 Å².